The van der Waals surface area contributed by atoms with Gasteiger partial charge >= 0.3 is 186 Å². The number of benzene rings is 2. The molecule has 2 aromatic carbocycles. The summed E-state index contributed by atoms with van der Waals surface area (Å²) in [6, 6.07) is 12.2. The van der Waals surface area contributed by atoms with Crippen LogP contribution in [-0.4, -0.2) is 6.88 Å². The predicted octanol–water partition coefficient (Wildman–Crippen LogP) is 7.13. The third kappa shape index (κ3) is 3.52. The van der Waals surface area contributed by atoms with Crippen molar-refractivity contribution in [3.8, 4) is 11.5 Å². The van der Waals surface area contributed by atoms with Gasteiger partial charge in [-0.2, -0.15) is 0 Å². The standard InChI is InChI=1S/2C6H5FO.2C6H7.2CH3.H2Si.Zr/c2*7-5-1-3-6(8)4-2-5;2*1-6-4-2-3-5-6;;;;/h2*1-4,8H;4-5H,2H2,1H3;2,4H,5H2,1H3;2*1H3;1H2;/q;;;;;;;+2/p-2. The van der Waals surface area contributed by atoms with Crippen molar-refractivity contribution >= 4 is 6.88 Å². The molecule has 0 bridgehead atoms. The van der Waals surface area contributed by atoms with E-state index in [4.69, 9.17) is 5.63 Å². The molecule has 4 rings (SSSR count). The summed E-state index contributed by atoms with van der Waals surface area (Å²) in [7, 11) is 0. The topological polar surface area (TPSA) is 18.5 Å². The molecular weight excluding hydrogens is 502 g/mol. The van der Waals surface area contributed by atoms with Gasteiger partial charge in [-0.15, -0.1) is 0 Å². The number of hydrogen-bond donors (Lipinski definition) is 0. The maximum absolute atomic E-state index is 13.8. The minimum atomic E-state index is -6.06. The van der Waals surface area contributed by atoms with E-state index in [0.717, 1.165) is 18.6 Å². The molecule has 0 N–H and O–H groups in total. The molecule has 0 amide bonds. The van der Waals surface area contributed by atoms with Gasteiger partial charge in [-0.05, 0) is 0 Å². The van der Waals surface area contributed by atoms with Crippen molar-refractivity contribution in [2.75, 3.05) is 0 Å². The Balaban J connectivity index is 2.07. The first kappa shape index (κ1) is 23.1. The first-order chi connectivity index (χ1) is 14.8. The molecule has 168 valence electrons. The van der Waals surface area contributed by atoms with E-state index in [2.05, 4.69) is 47.4 Å². The van der Waals surface area contributed by atoms with Gasteiger partial charge in [-0.1, -0.05) is 0 Å². The van der Waals surface area contributed by atoms with Gasteiger partial charge in [0, 0.05) is 0 Å². The van der Waals surface area contributed by atoms with Crippen LogP contribution in [0.2, 0.25) is 9.26 Å². The fourth-order valence-corrected chi connectivity index (χ4v) is 26.4. The molecule has 0 atom stereocenters. The SMILES string of the molecule is CC1=CC[C]([Zr]([CH3])([CH3])(=[SiH2])([O]c2ccc(F)cc2)([O]c2ccc(F)cc2)[C]2=CC=C(C)C2)=C1. The monoisotopic (exact) mass is 530 g/mol. The molecule has 0 spiro atoms. The van der Waals surface area contributed by atoms with Gasteiger partial charge in [0.1, 0.15) is 0 Å². The van der Waals surface area contributed by atoms with Crippen LogP contribution in [0.15, 0.2) is 90.5 Å². The molecule has 32 heavy (non-hydrogen) atoms. The Morgan fingerprint density at radius 2 is 1.28 bits per heavy atom. The summed E-state index contributed by atoms with van der Waals surface area (Å²) in [5.41, 5.74) is 2.37. The van der Waals surface area contributed by atoms with Crippen LogP contribution in [0.1, 0.15) is 26.7 Å². The van der Waals surface area contributed by atoms with Gasteiger partial charge in [-0.3, -0.25) is 0 Å². The van der Waals surface area contributed by atoms with Crippen molar-refractivity contribution in [1.82, 2.24) is 0 Å². The molecule has 0 fully saturated rings. The summed E-state index contributed by atoms with van der Waals surface area (Å²) in [5, 5.41) is 0. The van der Waals surface area contributed by atoms with Crippen LogP contribution in [0.4, 0.5) is 8.78 Å². The van der Waals surface area contributed by atoms with Gasteiger partial charge in [-0.25, -0.2) is 0 Å². The second-order valence-corrected chi connectivity index (χ2v) is 52.3. The van der Waals surface area contributed by atoms with Crippen molar-refractivity contribution in [3.63, 3.8) is 0 Å². The first-order valence-electron chi connectivity index (χ1n) is 10.9. The summed E-state index contributed by atoms with van der Waals surface area (Å²) in [5.74, 6) is 0.444. The Bertz CT molecular complexity index is 1310. The molecule has 0 aliphatic heterocycles. The number of allylic oxidation sites excluding steroid dienone is 8. The summed E-state index contributed by atoms with van der Waals surface area (Å²) in [6.45, 7) is 5.99. The Morgan fingerprint density at radius 1 is 0.781 bits per heavy atom. The summed E-state index contributed by atoms with van der Waals surface area (Å²) >= 11 is -6.06. The van der Waals surface area contributed by atoms with Crippen LogP contribution in [-0.2, 0) is 15.3 Å². The van der Waals surface area contributed by atoms with E-state index >= 15 is 0 Å². The Hall–Kier alpha value is -2.04. The molecule has 0 aromatic heterocycles. The zero-order valence-corrected chi connectivity index (χ0v) is 23.0. The van der Waals surface area contributed by atoms with E-state index in [0.29, 0.717) is 17.9 Å². The van der Waals surface area contributed by atoms with E-state index in [1.807, 2.05) is 6.88 Å². The number of rotatable bonds is 6. The molecule has 0 saturated carbocycles. The van der Waals surface area contributed by atoms with Crippen LogP contribution in [0.5, 0.6) is 11.5 Å². The molecule has 6 heteroatoms. The second-order valence-electron chi connectivity index (χ2n) is 11.1. The van der Waals surface area contributed by atoms with Gasteiger partial charge in [0.15, 0.2) is 0 Å². The summed E-state index contributed by atoms with van der Waals surface area (Å²) in [6.07, 6.45) is 10.0. The van der Waals surface area contributed by atoms with Crippen molar-refractivity contribution in [1.29, 1.82) is 0 Å². The first-order valence-corrected chi connectivity index (χ1v) is 26.2. The molecule has 0 saturated heterocycles. The molecule has 2 aliphatic carbocycles. The zero-order chi connectivity index (χ0) is 23.3. The van der Waals surface area contributed by atoms with E-state index in [-0.39, 0.29) is 11.6 Å². The fraction of sp³-hybridized carbons (Fsp3) is 0.231. The minimum absolute atomic E-state index is 0.325. The average Bonchev–Trinajstić information content (AvgIpc) is 3.36. The van der Waals surface area contributed by atoms with Crippen molar-refractivity contribution in [2.45, 2.75) is 36.0 Å². The van der Waals surface area contributed by atoms with Crippen molar-refractivity contribution in [2.24, 2.45) is 0 Å². The molecule has 2 aliphatic rings. The van der Waals surface area contributed by atoms with Gasteiger partial charge in [0.2, 0.25) is 0 Å². The molecule has 2 nitrogen and oxygen atoms in total. The van der Waals surface area contributed by atoms with E-state index in [9.17, 15) is 8.78 Å². The molecular formula is C26H30F2O2SiZr. The van der Waals surface area contributed by atoms with Crippen LogP contribution >= 0.6 is 0 Å². The number of halogens is 2. The Morgan fingerprint density at radius 3 is 1.66 bits per heavy atom. The summed E-state index contributed by atoms with van der Waals surface area (Å²) < 4.78 is 48.5. The van der Waals surface area contributed by atoms with Crippen LogP contribution in [0.25, 0.3) is 0 Å². The van der Waals surface area contributed by atoms with E-state index in [1.54, 1.807) is 24.3 Å². The fourth-order valence-electron chi connectivity index (χ4n) is 5.18. The summed E-state index contributed by atoms with van der Waals surface area (Å²) in [4.78, 5) is 0. The molecule has 0 unspecified atom stereocenters. The van der Waals surface area contributed by atoms with E-state index in [1.165, 1.54) is 29.8 Å². The quantitative estimate of drug-likeness (QED) is 0.369. The molecule has 2 aromatic rings. The van der Waals surface area contributed by atoms with E-state index < -0.39 is 15.3 Å². The third-order valence-corrected chi connectivity index (χ3v) is 34.1. The maximum atomic E-state index is 13.8. The van der Waals surface area contributed by atoms with Crippen molar-refractivity contribution in [3.05, 3.63) is 102 Å². The Labute approximate surface area is 185 Å². The Kier molecular flexibility index (Phi) is 4.71. The van der Waals surface area contributed by atoms with Crippen LogP contribution < -0.4 is 5.63 Å². The molecule has 0 heterocycles. The van der Waals surface area contributed by atoms with Crippen molar-refractivity contribution < 1.29 is 29.7 Å². The molecule has 0 radical (unpaired) electrons. The number of hydrogen-bond acceptors (Lipinski definition) is 2. The zero-order valence-electron chi connectivity index (χ0n) is 19.1. The predicted molar refractivity (Wildman–Crippen MR) is 127 cm³/mol. The normalized spacial score (nSPS) is 19.5. The average molecular weight is 532 g/mol. The second kappa shape index (κ2) is 6.51. The van der Waals surface area contributed by atoms with Gasteiger partial charge < -0.3 is 0 Å². The van der Waals surface area contributed by atoms with Crippen LogP contribution in [0.3, 0.4) is 0 Å². The van der Waals surface area contributed by atoms with Gasteiger partial charge in [0.05, 0.1) is 0 Å². The third-order valence-electron chi connectivity index (χ3n) is 7.37. The van der Waals surface area contributed by atoms with Gasteiger partial charge in [0.25, 0.3) is 0 Å². The van der Waals surface area contributed by atoms with Crippen LogP contribution in [0, 0.1) is 11.6 Å².